The fourth-order valence-electron chi connectivity index (χ4n) is 2.10. The van der Waals surface area contributed by atoms with E-state index in [4.69, 9.17) is 4.74 Å². The first kappa shape index (κ1) is 13.9. The molecule has 0 aromatic heterocycles. The van der Waals surface area contributed by atoms with Crippen molar-refractivity contribution >= 4 is 0 Å². The monoisotopic (exact) mass is 228 g/mol. The number of hydrogen-bond acceptors (Lipinski definition) is 3. The Hall–Kier alpha value is -0.120. The number of nitrogens with one attached hydrogen (secondary N) is 1. The van der Waals surface area contributed by atoms with E-state index in [2.05, 4.69) is 37.9 Å². The van der Waals surface area contributed by atoms with Gasteiger partial charge in [-0.3, -0.25) is 0 Å². The number of piperazine rings is 1. The third-order valence-electron chi connectivity index (χ3n) is 3.92. The van der Waals surface area contributed by atoms with Gasteiger partial charge in [-0.25, -0.2) is 0 Å². The van der Waals surface area contributed by atoms with Gasteiger partial charge >= 0.3 is 0 Å². The van der Waals surface area contributed by atoms with Crippen LogP contribution in [0, 0.1) is 0 Å². The molecule has 3 nitrogen and oxygen atoms in total. The van der Waals surface area contributed by atoms with Gasteiger partial charge in [-0.05, 0) is 33.6 Å². The van der Waals surface area contributed by atoms with Crippen molar-refractivity contribution in [3.8, 4) is 0 Å². The lowest BCUT2D eigenvalue weighted by atomic mass is 9.95. The highest BCUT2D eigenvalue weighted by Gasteiger charge is 2.29. The fraction of sp³-hybridized carbons (Fsp3) is 1.00. The van der Waals surface area contributed by atoms with Crippen LogP contribution in [0.1, 0.15) is 40.5 Å². The SMILES string of the molecule is CCC1(C)CN(CCC(C)(C)OC)CCN1. The van der Waals surface area contributed by atoms with Crippen LogP contribution in [0.5, 0.6) is 0 Å². The van der Waals surface area contributed by atoms with E-state index in [0.717, 1.165) is 32.6 Å². The molecule has 1 unspecified atom stereocenters. The van der Waals surface area contributed by atoms with Crippen LogP contribution in [-0.2, 0) is 4.74 Å². The Kier molecular flexibility index (Phi) is 4.77. The van der Waals surface area contributed by atoms with Crippen LogP contribution in [-0.4, -0.2) is 49.3 Å². The van der Waals surface area contributed by atoms with Gasteiger partial charge in [0.25, 0.3) is 0 Å². The molecule has 0 aromatic carbocycles. The molecule has 1 fully saturated rings. The fourth-order valence-corrected chi connectivity index (χ4v) is 2.10. The maximum Gasteiger partial charge on any atom is 0.0634 e. The second-order valence-corrected chi connectivity index (χ2v) is 5.83. The summed E-state index contributed by atoms with van der Waals surface area (Å²) in [4.78, 5) is 2.56. The molecule has 0 amide bonds. The summed E-state index contributed by atoms with van der Waals surface area (Å²) in [6.45, 7) is 13.5. The minimum atomic E-state index is 0.00743. The van der Waals surface area contributed by atoms with Crippen molar-refractivity contribution in [1.29, 1.82) is 0 Å². The molecule has 0 spiro atoms. The molecule has 1 aliphatic heterocycles. The van der Waals surface area contributed by atoms with E-state index >= 15 is 0 Å². The van der Waals surface area contributed by atoms with E-state index in [1.807, 2.05) is 0 Å². The second kappa shape index (κ2) is 5.48. The maximum absolute atomic E-state index is 5.46. The third kappa shape index (κ3) is 4.04. The average molecular weight is 228 g/mol. The summed E-state index contributed by atoms with van der Waals surface area (Å²) in [5.74, 6) is 0. The summed E-state index contributed by atoms with van der Waals surface area (Å²) in [6, 6.07) is 0. The smallest absolute Gasteiger partial charge is 0.0634 e. The Morgan fingerprint density at radius 1 is 1.44 bits per heavy atom. The van der Waals surface area contributed by atoms with Crippen molar-refractivity contribution in [2.24, 2.45) is 0 Å². The van der Waals surface area contributed by atoms with Crippen LogP contribution in [0.2, 0.25) is 0 Å². The maximum atomic E-state index is 5.46. The predicted octanol–water partition coefficient (Wildman–Crippen LogP) is 1.88. The number of hydrogen-bond donors (Lipinski definition) is 1. The summed E-state index contributed by atoms with van der Waals surface area (Å²) in [7, 11) is 1.80. The minimum absolute atomic E-state index is 0.00743. The molecule has 1 aliphatic rings. The Balaban J connectivity index is 2.38. The standard InChI is InChI=1S/C13H28N2O/c1-6-13(4)11-15(10-8-14-13)9-7-12(2,3)16-5/h14H,6-11H2,1-5H3. The van der Waals surface area contributed by atoms with Gasteiger partial charge in [-0.2, -0.15) is 0 Å². The lowest BCUT2D eigenvalue weighted by molar-refractivity contribution is 0.00275. The molecular formula is C13H28N2O. The van der Waals surface area contributed by atoms with Gasteiger partial charge in [0, 0.05) is 38.8 Å². The van der Waals surface area contributed by atoms with Gasteiger partial charge in [0.15, 0.2) is 0 Å². The van der Waals surface area contributed by atoms with Crippen molar-refractivity contribution in [2.75, 3.05) is 33.3 Å². The largest absolute Gasteiger partial charge is 0.379 e. The molecule has 1 N–H and O–H groups in total. The molecule has 0 saturated carbocycles. The zero-order valence-corrected chi connectivity index (χ0v) is 11.6. The number of nitrogens with zero attached hydrogens (tertiary/aromatic N) is 1. The van der Waals surface area contributed by atoms with Crippen molar-refractivity contribution < 1.29 is 4.74 Å². The van der Waals surface area contributed by atoms with E-state index in [1.54, 1.807) is 7.11 Å². The molecule has 96 valence electrons. The molecule has 1 atom stereocenters. The first-order chi connectivity index (χ1) is 7.41. The van der Waals surface area contributed by atoms with Crippen LogP contribution in [0.25, 0.3) is 0 Å². The molecular weight excluding hydrogens is 200 g/mol. The normalized spacial score (nSPS) is 28.3. The Morgan fingerprint density at radius 3 is 2.69 bits per heavy atom. The lowest BCUT2D eigenvalue weighted by Crippen LogP contribution is -2.58. The van der Waals surface area contributed by atoms with Gasteiger partial charge in [-0.1, -0.05) is 6.92 Å². The lowest BCUT2D eigenvalue weighted by Gasteiger charge is -2.42. The molecule has 0 aromatic rings. The van der Waals surface area contributed by atoms with E-state index < -0.39 is 0 Å². The highest BCUT2D eigenvalue weighted by atomic mass is 16.5. The zero-order chi connectivity index (χ0) is 12.2. The van der Waals surface area contributed by atoms with Crippen molar-refractivity contribution in [1.82, 2.24) is 10.2 Å². The van der Waals surface area contributed by atoms with Crippen LogP contribution in [0.4, 0.5) is 0 Å². The second-order valence-electron chi connectivity index (χ2n) is 5.83. The van der Waals surface area contributed by atoms with Gasteiger partial charge in [0.05, 0.1) is 5.60 Å². The average Bonchev–Trinajstić information content (AvgIpc) is 2.27. The molecule has 0 aliphatic carbocycles. The zero-order valence-electron chi connectivity index (χ0n) is 11.6. The van der Waals surface area contributed by atoms with Crippen molar-refractivity contribution in [3.05, 3.63) is 0 Å². The molecule has 3 heteroatoms. The molecule has 0 bridgehead atoms. The predicted molar refractivity (Wildman–Crippen MR) is 68.8 cm³/mol. The molecule has 16 heavy (non-hydrogen) atoms. The number of methoxy groups -OCH3 is 1. The van der Waals surface area contributed by atoms with Crippen LogP contribution in [0.15, 0.2) is 0 Å². The Morgan fingerprint density at radius 2 is 2.12 bits per heavy atom. The van der Waals surface area contributed by atoms with Crippen LogP contribution < -0.4 is 5.32 Å². The molecule has 1 heterocycles. The summed E-state index contributed by atoms with van der Waals surface area (Å²) < 4.78 is 5.46. The summed E-state index contributed by atoms with van der Waals surface area (Å²) in [6.07, 6.45) is 2.29. The van der Waals surface area contributed by atoms with Gasteiger partial charge in [-0.15, -0.1) is 0 Å². The van der Waals surface area contributed by atoms with Crippen molar-refractivity contribution in [3.63, 3.8) is 0 Å². The van der Waals surface area contributed by atoms with Crippen molar-refractivity contribution in [2.45, 2.75) is 51.7 Å². The molecule has 1 saturated heterocycles. The first-order valence-corrected chi connectivity index (χ1v) is 6.43. The van der Waals surface area contributed by atoms with E-state index in [9.17, 15) is 0 Å². The van der Waals surface area contributed by atoms with E-state index in [-0.39, 0.29) is 5.60 Å². The quantitative estimate of drug-likeness (QED) is 0.777. The Bertz CT molecular complexity index is 218. The van der Waals surface area contributed by atoms with Gasteiger partial charge in [0.2, 0.25) is 0 Å². The molecule has 0 radical (unpaired) electrons. The highest BCUT2D eigenvalue weighted by Crippen LogP contribution is 2.18. The Labute approximate surface area is 101 Å². The number of rotatable bonds is 5. The van der Waals surface area contributed by atoms with Crippen LogP contribution in [0.3, 0.4) is 0 Å². The van der Waals surface area contributed by atoms with E-state index in [0.29, 0.717) is 5.54 Å². The summed E-state index contributed by atoms with van der Waals surface area (Å²) in [5.41, 5.74) is 0.308. The number of ether oxygens (including phenoxy) is 1. The topological polar surface area (TPSA) is 24.5 Å². The van der Waals surface area contributed by atoms with E-state index in [1.165, 1.54) is 6.42 Å². The van der Waals surface area contributed by atoms with Gasteiger partial charge in [0.1, 0.15) is 0 Å². The summed E-state index contributed by atoms with van der Waals surface area (Å²) in [5, 5.41) is 3.61. The summed E-state index contributed by atoms with van der Waals surface area (Å²) >= 11 is 0. The van der Waals surface area contributed by atoms with Crippen LogP contribution >= 0.6 is 0 Å². The van der Waals surface area contributed by atoms with Gasteiger partial charge < -0.3 is 15.0 Å². The molecule has 1 rings (SSSR count). The third-order valence-corrected chi connectivity index (χ3v) is 3.92. The minimum Gasteiger partial charge on any atom is -0.379 e. The first-order valence-electron chi connectivity index (χ1n) is 6.43. The highest BCUT2D eigenvalue weighted by molar-refractivity contribution is 4.90.